The van der Waals surface area contributed by atoms with Crippen LogP contribution >= 0.6 is 11.6 Å². The molecule has 0 bridgehead atoms. The van der Waals surface area contributed by atoms with E-state index in [9.17, 15) is 4.79 Å². The highest BCUT2D eigenvalue weighted by molar-refractivity contribution is 6.33. The predicted molar refractivity (Wildman–Crippen MR) is 80.3 cm³/mol. The van der Waals surface area contributed by atoms with Gasteiger partial charge in [-0.05, 0) is 24.3 Å². The zero-order valence-corrected chi connectivity index (χ0v) is 11.8. The number of benzene rings is 2. The molecule has 0 radical (unpaired) electrons. The van der Waals surface area contributed by atoms with Gasteiger partial charge in [0, 0.05) is 5.69 Å². The van der Waals surface area contributed by atoms with Crippen LogP contribution < -0.4 is 15.2 Å². The molecular weight excluding hydrogens is 294 g/mol. The van der Waals surface area contributed by atoms with E-state index in [1.807, 2.05) is 30.3 Å². The van der Waals surface area contributed by atoms with Gasteiger partial charge < -0.3 is 20.3 Å². The van der Waals surface area contributed by atoms with E-state index >= 15 is 0 Å². The Labute approximate surface area is 126 Å². The lowest BCUT2D eigenvalue weighted by Gasteiger charge is -2.12. The first-order valence-electron chi connectivity index (χ1n) is 6.21. The van der Waals surface area contributed by atoms with Crippen molar-refractivity contribution in [3.63, 3.8) is 0 Å². The van der Waals surface area contributed by atoms with E-state index in [4.69, 9.17) is 31.9 Å². The largest absolute Gasteiger partial charge is 0.490 e. The van der Waals surface area contributed by atoms with Crippen molar-refractivity contribution in [2.75, 3.05) is 18.9 Å². The SMILES string of the molecule is Nc1cc(Cl)c(OCCOc2ccccc2)c(C(=O)O)c1. The number of carboxylic acids is 1. The predicted octanol–water partition coefficient (Wildman–Crippen LogP) is 3.08. The highest BCUT2D eigenvalue weighted by atomic mass is 35.5. The molecule has 0 atom stereocenters. The highest BCUT2D eigenvalue weighted by Gasteiger charge is 2.16. The third-order valence-electron chi connectivity index (χ3n) is 2.64. The summed E-state index contributed by atoms with van der Waals surface area (Å²) in [6.45, 7) is 0.433. The third-order valence-corrected chi connectivity index (χ3v) is 2.92. The molecule has 0 amide bonds. The molecule has 21 heavy (non-hydrogen) atoms. The Morgan fingerprint density at radius 2 is 1.81 bits per heavy atom. The lowest BCUT2D eigenvalue weighted by atomic mass is 10.2. The molecule has 0 fully saturated rings. The summed E-state index contributed by atoms with van der Waals surface area (Å²) < 4.78 is 10.9. The van der Waals surface area contributed by atoms with Gasteiger partial charge in [-0.3, -0.25) is 0 Å². The number of hydrogen-bond donors (Lipinski definition) is 2. The van der Waals surface area contributed by atoms with E-state index in [0.717, 1.165) is 0 Å². The lowest BCUT2D eigenvalue weighted by molar-refractivity contribution is 0.0691. The number of nitrogen functional groups attached to an aromatic ring is 1. The number of rotatable bonds is 6. The Morgan fingerprint density at radius 3 is 2.48 bits per heavy atom. The number of ether oxygens (including phenoxy) is 2. The fraction of sp³-hybridized carbons (Fsp3) is 0.133. The molecule has 0 heterocycles. The normalized spacial score (nSPS) is 10.1. The summed E-state index contributed by atoms with van der Waals surface area (Å²) in [5, 5.41) is 9.28. The molecule has 0 aliphatic rings. The Bertz CT molecular complexity index is 631. The first-order valence-corrected chi connectivity index (χ1v) is 6.58. The van der Waals surface area contributed by atoms with E-state index < -0.39 is 5.97 Å². The maximum absolute atomic E-state index is 11.2. The first-order chi connectivity index (χ1) is 10.1. The summed E-state index contributed by atoms with van der Waals surface area (Å²) in [4.78, 5) is 11.2. The number of aromatic carboxylic acids is 1. The van der Waals surface area contributed by atoms with Crippen molar-refractivity contribution < 1.29 is 19.4 Å². The van der Waals surface area contributed by atoms with Crippen LogP contribution in [0.2, 0.25) is 5.02 Å². The summed E-state index contributed by atoms with van der Waals surface area (Å²) in [5.74, 6) is -0.346. The Morgan fingerprint density at radius 1 is 1.14 bits per heavy atom. The third kappa shape index (κ3) is 4.03. The highest BCUT2D eigenvalue weighted by Crippen LogP contribution is 2.31. The van der Waals surface area contributed by atoms with Gasteiger partial charge in [-0.1, -0.05) is 29.8 Å². The molecule has 2 aromatic rings. The van der Waals surface area contributed by atoms with E-state index in [0.29, 0.717) is 5.75 Å². The summed E-state index contributed by atoms with van der Waals surface area (Å²) >= 11 is 5.97. The minimum atomic E-state index is -1.15. The Hall–Kier alpha value is -2.40. The second-order valence-corrected chi connectivity index (χ2v) is 4.60. The van der Waals surface area contributed by atoms with Gasteiger partial charge in [0.1, 0.15) is 24.5 Å². The monoisotopic (exact) mass is 307 g/mol. The average molecular weight is 308 g/mol. The molecule has 0 aliphatic carbocycles. The minimum Gasteiger partial charge on any atom is -0.490 e. The molecule has 3 N–H and O–H groups in total. The van der Waals surface area contributed by atoms with Crippen LogP contribution in [-0.2, 0) is 0 Å². The summed E-state index contributed by atoms with van der Waals surface area (Å²) in [6.07, 6.45) is 0. The fourth-order valence-corrected chi connectivity index (χ4v) is 2.02. The second kappa shape index (κ2) is 6.85. The van der Waals surface area contributed by atoms with Crippen molar-refractivity contribution in [3.8, 4) is 11.5 Å². The number of anilines is 1. The van der Waals surface area contributed by atoms with Gasteiger partial charge in [0.25, 0.3) is 0 Å². The maximum atomic E-state index is 11.2. The summed E-state index contributed by atoms with van der Waals surface area (Å²) in [6, 6.07) is 12.0. The average Bonchev–Trinajstić information content (AvgIpc) is 2.45. The minimum absolute atomic E-state index is 0.0697. The van der Waals surface area contributed by atoms with Crippen LogP contribution in [-0.4, -0.2) is 24.3 Å². The second-order valence-electron chi connectivity index (χ2n) is 4.19. The number of halogens is 1. The molecule has 0 spiro atoms. The molecule has 0 saturated heterocycles. The van der Waals surface area contributed by atoms with Crippen molar-refractivity contribution in [1.82, 2.24) is 0 Å². The summed E-state index contributed by atoms with van der Waals surface area (Å²) in [7, 11) is 0. The van der Waals surface area contributed by atoms with E-state index in [2.05, 4.69) is 0 Å². The Balaban J connectivity index is 1.98. The van der Waals surface area contributed by atoms with Crippen molar-refractivity contribution >= 4 is 23.3 Å². The molecule has 2 aromatic carbocycles. The first kappa shape index (κ1) is 15.0. The smallest absolute Gasteiger partial charge is 0.339 e. The van der Waals surface area contributed by atoms with Crippen LogP contribution in [0.3, 0.4) is 0 Å². The maximum Gasteiger partial charge on any atom is 0.339 e. The van der Waals surface area contributed by atoms with Crippen LogP contribution in [0.5, 0.6) is 11.5 Å². The van der Waals surface area contributed by atoms with Crippen LogP contribution in [0, 0.1) is 0 Å². The zero-order valence-electron chi connectivity index (χ0n) is 11.1. The number of carbonyl (C=O) groups is 1. The van der Waals surface area contributed by atoms with Crippen LogP contribution in [0.4, 0.5) is 5.69 Å². The van der Waals surface area contributed by atoms with Gasteiger partial charge in [0.05, 0.1) is 5.02 Å². The molecule has 0 aliphatic heterocycles. The van der Waals surface area contributed by atoms with Crippen LogP contribution in [0.15, 0.2) is 42.5 Å². The van der Waals surface area contributed by atoms with Gasteiger partial charge >= 0.3 is 5.97 Å². The van der Waals surface area contributed by atoms with Gasteiger partial charge in [-0.25, -0.2) is 4.79 Å². The van der Waals surface area contributed by atoms with Crippen LogP contribution in [0.1, 0.15) is 10.4 Å². The number of hydrogen-bond acceptors (Lipinski definition) is 4. The van der Waals surface area contributed by atoms with Gasteiger partial charge in [0.15, 0.2) is 5.75 Å². The molecule has 0 unspecified atom stereocenters. The van der Waals surface area contributed by atoms with E-state index in [1.54, 1.807) is 0 Å². The quantitative estimate of drug-likeness (QED) is 0.633. The topological polar surface area (TPSA) is 81.8 Å². The van der Waals surface area contributed by atoms with Crippen molar-refractivity contribution in [3.05, 3.63) is 53.1 Å². The lowest BCUT2D eigenvalue weighted by Crippen LogP contribution is -2.12. The molecule has 6 heteroatoms. The fourth-order valence-electron chi connectivity index (χ4n) is 1.74. The molecular formula is C15H14ClNO4. The molecule has 5 nitrogen and oxygen atoms in total. The summed E-state index contributed by atoms with van der Waals surface area (Å²) in [5.41, 5.74) is 5.77. The van der Waals surface area contributed by atoms with E-state index in [-0.39, 0.29) is 35.2 Å². The number of carboxylic acid groups (broad SMARTS) is 1. The van der Waals surface area contributed by atoms with Crippen molar-refractivity contribution in [1.29, 1.82) is 0 Å². The van der Waals surface area contributed by atoms with Crippen molar-refractivity contribution in [2.24, 2.45) is 0 Å². The van der Waals surface area contributed by atoms with Gasteiger partial charge in [-0.2, -0.15) is 0 Å². The van der Waals surface area contributed by atoms with Crippen molar-refractivity contribution in [2.45, 2.75) is 0 Å². The Kier molecular flexibility index (Phi) is 4.90. The van der Waals surface area contributed by atoms with Gasteiger partial charge in [0.2, 0.25) is 0 Å². The molecule has 0 saturated carbocycles. The standard InChI is InChI=1S/C15H14ClNO4/c16-13-9-10(17)8-12(15(18)19)14(13)21-7-6-20-11-4-2-1-3-5-11/h1-5,8-9H,6-7,17H2,(H,18,19). The number of para-hydroxylation sites is 1. The molecule has 2 rings (SSSR count). The molecule has 0 aromatic heterocycles. The molecule has 110 valence electrons. The van der Waals surface area contributed by atoms with E-state index in [1.165, 1.54) is 12.1 Å². The zero-order chi connectivity index (χ0) is 15.2. The van der Waals surface area contributed by atoms with Crippen LogP contribution in [0.25, 0.3) is 0 Å². The number of nitrogens with two attached hydrogens (primary N) is 1. The van der Waals surface area contributed by atoms with Gasteiger partial charge in [-0.15, -0.1) is 0 Å².